The van der Waals surface area contributed by atoms with Gasteiger partial charge in [0.2, 0.25) is 0 Å². The Hall–Kier alpha value is -1.27. The van der Waals surface area contributed by atoms with Crippen molar-refractivity contribution in [3.8, 4) is 0 Å². The molecule has 0 saturated heterocycles. The Morgan fingerprint density at radius 2 is 1.58 bits per heavy atom. The highest BCUT2D eigenvalue weighted by atomic mass is 32.2. The van der Waals surface area contributed by atoms with E-state index in [0.29, 0.717) is 0 Å². The fraction of sp³-hybridized carbons (Fsp3) is 0. The van der Waals surface area contributed by atoms with E-state index in [-0.39, 0.29) is 11.4 Å². The van der Waals surface area contributed by atoms with Gasteiger partial charge in [-0.2, -0.15) is 8.42 Å². The fourth-order valence-electron chi connectivity index (χ4n) is 0.871. The third kappa shape index (κ3) is 1.49. The van der Waals surface area contributed by atoms with Gasteiger partial charge in [-0.1, -0.05) is 6.07 Å². The molecule has 0 unspecified atom stereocenters. The Balaban J connectivity index is 3.53. The zero-order valence-corrected chi connectivity index (χ0v) is 6.88. The number of hydrogen-bond donors (Lipinski definition) is 3. The Labute approximate surface area is 69.7 Å². The number of anilines is 2. The molecule has 0 spiro atoms. The molecule has 0 bridgehead atoms. The highest BCUT2D eigenvalue weighted by Crippen LogP contribution is 2.23. The summed E-state index contributed by atoms with van der Waals surface area (Å²) in [6.07, 6.45) is 0. The second kappa shape index (κ2) is 2.65. The van der Waals surface area contributed by atoms with E-state index in [0.717, 1.165) is 0 Å². The molecular weight excluding hydrogens is 180 g/mol. The summed E-state index contributed by atoms with van der Waals surface area (Å²) in [5.41, 5.74) is 10.5. The summed E-state index contributed by atoms with van der Waals surface area (Å²) in [5, 5.41) is 0. The lowest BCUT2D eigenvalue weighted by molar-refractivity contribution is 0.484. The van der Waals surface area contributed by atoms with Gasteiger partial charge in [0.05, 0.1) is 11.4 Å². The van der Waals surface area contributed by atoms with E-state index in [1.807, 2.05) is 0 Å². The van der Waals surface area contributed by atoms with Gasteiger partial charge in [0, 0.05) is 0 Å². The minimum absolute atomic E-state index is 0.0579. The molecule has 1 rings (SSSR count). The molecule has 0 aliphatic rings. The van der Waals surface area contributed by atoms with E-state index in [9.17, 15) is 8.42 Å². The van der Waals surface area contributed by atoms with Gasteiger partial charge < -0.3 is 11.5 Å². The minimum atomic E-state index is -4.31. The molecule has 6 heteroatoms. The molecule has 0 aliphatic carbocycles. The summed E-state index contributed by atoms with van der Waals surface area (Å²) < 4.78 is 30.0. The highest BCUT2D eigenvalue weighted by molar-refractivity contribution is 7.86. The van der Waals surface area contributed by atoms with Crippen LogP contribution in [0.4, 0.5) is 11.4 Å². The van der Waals surface area contributed by atoms with Crippen LogP contribution in [0.15, 0.2) is 23.1 Å². The normalized spacial score (nSPS) is 11.4. The van der Waals surface area contributed by atoms with Crippen LogP contribution in [0.25, 0.3) is 0 Å². The Kier molecular flexibility index (Phi) is 1.95. The smallest absolute Gasteiger partial charge is 0.298 e. The van der Waals surface area contributed by atoms with Gasteiger partial charge in [-0.05, 0) is 12.1 Å². The SMILES string of the molecule is Nc1cccc(N)c1S(=O)(=O)O. The predicted octanol–water partition coefficient (Wildman–Crippen LogP) is 0.0977. The molecule has 66 valence electrons. The Morgan fingerprint density at radius 3 is 1.83 bits per heavy atom. The number of benzene rings is 1. The molecule has 12 heavy (non-hydrogen) atoms. The van der Waals surface area contributed by atoms with Gasteiger partial charge >= 0.3 is 0 Å². The highest BCUT2D eigenvalue weighted by Gasteiger charge is 2.16. The first-order valence-corrected chi connectivity index (χ1v) is 4.48. The third-order valence-corrected chi connectivity index (χ3v) is 2.32. The standard InChI is InChI=1S/C6H8N2O3S/c7-4-2-1-3-5(8)6(4)12(9,10)11/h1-3H,7-8H2,(H,9,10,11). The lowest BCUT2D eigenvalue weighted by Crippen LogP contribution is -2.06. The van der Waals surface area contributed by atoms with Crippen LogP contribution in [0, 0.1) is 0 Å². The second-order valence-corrected chi connectivity index (χ2v) is 3.60. The third-order valence-electron chi connectivity index (χ3n) is 1.33. The predicted molar refractivity (Wildman–Crippen MR) is 45.1 cm³/mol. The van der Waals surface area contributed by atoms with E-state index >= 15 is 0 Å². The van der Waals surface area contributed by atoms with E-state index in [1.165, 1.54) is 18.2 Å². The fourth-order valence-corrected chi connectivity index (χ4v) is 1.60. The maximum Gasteiger partial charge on any atom is 0.298 e. The Bertz CT molecular complexity index is 379. The van der Waals surface area contributed by atoms with Crippen LogP contribution in [-0.2, 0) is 10.1 Å². The van der Waals surface area contributed by atoms with Crippen molar-refractivity contribution in [1.29, 1.82) is 0 Å². The van der Waals surface area contributed by atoms with Crippen molar-refractivity contribution in [3.05, 3.63) is 18.2 Å². The Morgan fingerprint density at radius 1 is 1.17 bits per heavy atom. The van der Waals surface area contributed by atoms with Gasteiger partial charge in [-0.15, -0.1) is 0 Å². The average molecular weight is 188 g/mol. The van der Waals surface area contributed by atoms with Crippen LogP contribution in [0.3, 0.4) is 0 Å². The lowest BCUT2D eigenvalue weighted by atomic mass is 10.3. The quantitative estimate of drug-likeness (QED) is 0.428. The molecule has 1 aromatic carbocycles. The zero-order valence-electron chi connectivity index (χ0n) is 6.06. The minimum Gasteiger partial charge on any atom is -0.398 e. The summed E-state index contributed by atoms with van der Waals surface area (Å²) in [4.78, 5) is -0.426. The van der Waals surface area contributed by atoms with E-state index in [1.54, 1.807) is 0 Å². The molecule has 0 aliphatic heterocycles. The van der Waals surface area contributed by atoms with Gasteiger partial charge in [0.25, 0.3) is 10.1 Å². The van der Waals surface area contributed by atoms with Crippen LogP contribution in [0.5, 0.6) is 0 Å². The van der Waals surface area contributed by atoms with Crippen molar-refractivity contribution < 1.29 is 13.0 Å². The maximum absolute atomic E-state index is 10.7. The number of rotatable bonds is 1. The first kappa shape index (κ1) is 8.82. The molecule has 0 heterocycles. The van der Waals surface area contributed by atoms with Crippen LogP contribution in [0.1, 0.15) is 0 Å². The van der Waals surface area contributed by atoms with Crippen LogP contribution >= 0.6 is 0 Å². The summed E-state index contributed by atoms with van der Waals surface area (Å²) in [6.45, 7) is 0. The molecule has 5 N–H and O–H groups in total. The molecular formula is C6H8N2O3S. The number of nitrogen functional groups attached to an aromatic ring is 2. The molecule has 1 aromatic rings. The summed E-state index contributed by atoms with van der Waals surface area (Å²) in [5.74, 6) is 0. The summed E-state index contributed by atoms with van der Waals surface area (Å²) in [6, 6.07) is 4.19. The number of hydrogen-bond acceptors (Lipinski definition) is 4. The van der Waals surface area contributed by atoms with Crippen molar-refractivity contribution >= 4 is 21.5 Å². The first-order chi connectivity index (χ1) is 5.43. The van der Waals surface area contributed by atoms with Gasteiger partial charge in [0.15, 0.2) is 0 Å². The van der Waals surface area contributed by atoms with E-state index < -0.39 is 15.0 Å². The second-order valence-electron chi connectivity index (χ2n) is 2.24. The van der Waals surface area contributed by atoms with Crippen molar-refractivity contribution in [2.45, 2.75) is 4.90 Å². The van der Waals surface area contributed by atoms with Crippen molar-refractivity contribution in [1.82, 2.24) is 0 Å². The molecule has 0 saturated carbocycles. The van der Waals surface area contributed by atoms with Gasteiger partial charge in [-0.3, -0.25) is 4.55 Å². The van der Waals surface area contributed by atoms with Crippen LogP contribution in [-0.4, -0.2) is 13.0 Å². The molecule has 0 atom stereocenters. The summed E-state index contributed by atoms with van der Waals surface area (Å²) >= 11 is 0. The first-order valence-electron chi connectivity index (χ1n) is 3.04. The summed E-state index contributed by atoms with van der Waals surface area (Å²) in [7, 11) is -4.31. The van der Waals surface area contributed by atoms with Crippen molar-refractivity contribution in [3.63, 3.8) is 0 Å². The largest absolute Gasteiger partial charge is 0.398 e. The molecule has 5 nitrogen and oxygen atoms in total. The lowest BCUT2D eigenvalue weighted by Gasteiger charge is -2.04. The van der Waals surface area contributed by atoms with Crippen molar-refractivity contribution in [2.75, 3.05) is 11.5 Å². The molecule has 0 fully saturated rings. The maximum atomic E-state index is 10.7. The van der Waals surface area contributed by atoms with Crippen molar-refractivity contribution in [2.24, 2.45) is 0 Å². The van der Waals surface area contributed by atoms with Crippen LogP contribution < -0.4 is 11.5 Å². The molecule has 0 radical (unpaired) electrons. The van der Waals surface area contributed by atoms with E-state index in [4.69, 9.17) is 16.0 Å². The molecule has 0 amide bonds. The monoisotopic (exact) mass is 188 g/mol. The van der Waals surface area contributed by atoms with E-state index in [2.05, 4.69) is 0 Å². The average Bonchev–Trinajstić information content (AvgIpc) is 1.82. The number of nitrogens with two attached hydrogens (primary N) is 2. The molecule has 0 aromatic heterocycles. The topological polar surface area (TPSA) is 106 Å². The zero-order chi connectivity index (χ0) is 9.35. The van der Waals surface area contributed by atoms with Gasteiger partial charge in [-0.25, -0.2) is 0 Å². The van der Waals surface area contributed by atoms with Gasteiger partial charge in [0.1, 0.15) is 4.90 Å². The van der Waals surface area contributed by atoms with Crippen LogP contribution in [0.2, 0.25) is 0 Å².